The Bertz CT molecular complexity index is 331. The molecule has 1 atom stereocenters. The van der Waals surface area contributed by atoms with E-state index in [1.165, 1.54) is 0 Å². The molecule has 0 aromatic heterocycles. The summed E-state index contributed by atoms with van der Waals surface area (Å²) in [5.41, 5.74) is 0. The molecule has 1 unspecified atom stereocenters. The summed E-state index contributed by atoms with van der Waals surface area (Å²) in [6.45, 7) is 1.62. The lowest BCUT2D eigenvalue weighted by molar-refractivity contribution is -0.158. The fraction of sp³-hybridized carbons (Fsp3) is 0.750. The van der Waals surface area contributed by atoms with E-state index in [-0.39, 0.29) is 18.8 Å². The number of aliphatic carboxylic acids is 1. The van der Waals surface area contributed by atoms with Crippen LogP contribution in [0.3, 0.4) is 0 Å². The molecule has 0 spiro atoms. The van der Waals surface area contributed by atoms with E-state index < -0.39 is 27.7 Å². The van der Waals surface area contributed by atoms with Crippen molar-refractivity contribution in [3.8, 4) is 0 Å². The third kappa shape index (κ3) is 6.05. The smallest absolute Gasteiger partial charge is 0.320 e. The van der Waals surface area contributed by atoms with Crippen LogP contribution in [-0.4, -0.2) is 44.1 Å². The van der Waals surface area contributed by atoms with Gasteiger partial charge < -0.3 is 9.84 Å². The van der Waals surface area contributed by atoms with Gasteiger partial charge in [0.15, 0.2) is 5.92 Å². The van der Waals surface area contributed by atoms with E-state index in [0.29, 0.717) is 0 Å². The van der Waals surface area contributed by atoms with Gasteiger partial charge in [-0.25, -0.2) is 8.42 Å². The van der Waals surface area contributed by atoms with Gasteiger partial charge in [-0.15, -0.1) is 0 Å². The number of ether oxygens (including phenoxy) is 1. The first-order valence-corrected chi connectivity index (χ1v) is 6.41. The predicted octanol–water partition coefficient (Wildman–Crippen LogP) is -0.315. The first kappa shape index (κ1) is 13.9. The molecule has 7 heteroatoms. The molecule has 0 aromatic rings. The molecule has 15 heavy (non-hydrogen) atoms. The van der Waals surface area contributed by atoms with Crippen LogP contribution >= 0.6 is 0 Å². The summed E-state index contributed by atoms with van der Waals surface area (Å²) in [5, 5.41) is 8.67. The molecule has 0 fully saturated rings. The van der Waals surface area contributed by atoms with Crippen molar-refractivity contribution in [3.05, 3.63) is 0 Å². The van der Waals surface area contributed by atoms with Crippen molar-refractivity contribution in [2.75, 3.05) is 18.6 Å². The fourth-order valence-electron chi connectivity index (χ4n) is 0.917. The lowest BCUT2D eigenvalue weighted by atomic mass is 10.1. The van der Waals surface area contributed by atoms with Crippen LogP contribution in [0.2, 0.25) is 0 Å². The Hall–Kier alpha value is -1.11. The quantitative estimate of drug-likeness (QED) is 0.503. The number of esters is 1. The topological polar surface area (TPSA) is 97.7 Å². The highest BCUT2D eigenvalue weighted by atomic mass is 32.2. The van der Waals surface area contributed by atoms with Crippen LogP contribution in [0.5, 0.6) is 0 Å². The molecule has 0 heterocycles. The highest BCUT2D eigenvalue weighted by molar-refractivity contribution is 7.90. The fourth-order valence-corrected chi connectivity index (χ4v) is 1.58. The van der Waals surface area contributed by atoms with Crippen molar-refractivity contribution < 1.29 is 27.9 Å². The summed E-state index contributed by atoms with van der Waals surface area (Å²) >= 11 is 0. The van der Waals surface area contributed by atoms with Crippen LogP contribution < -0.4 is 0 Å². The summed E-state index contributed by atoms with van der Waals surface area (Å²) in [7, 11) is -3.27. The zero-order chi connectivity index (χ0) is 12.1. The lowest BCUT2D eigenvalue weighted by Crippen LogP contribution is -2.28. The van der Waals surface area contributed by atoms with E-state index in [2.05, 4.69) is 4.74 Å². The van der Waals surface area contributed by atoms with Crippen molar-refractivity contribution in [2.24, 2.45) is 5.92 Å². The van der Waals surface area contributed by atoms with Gasteiger partial charge >= 0.3 is 11.9 Å². The third-order valence-corrected chi connectivity index (χ3v) is 2.62. The predicted molar refractivity (Wildman–Crippen MR) is 52.1 cm³/mol. The number of carboxylic acid groups (broad SMARTS) is 1. The monoisotopic (exact) mass is 238 g/mol. The van der Waals surface area contributed by atoms with Crippen LogP contribution in [0.1, 0.15) is 13.3 Å². The van der Waals surface area contributed by atoms with Crippen LogP contribution in [0, 0.1) is 5.92 Å². The molecule has 0 aliphatic rings. The summed E-state index contributed by atoms with van der Waals surface area (Å²) < 4.78 is 26.1. The maximum absolute atomic E-state index is 11.1. The molecule has 1 N–H and O–H groups in total. The summed E-state index contributed by atoms with van der Waals surface area (Å²) in [6, 6.07) is 0. The highest BCUT2D eigenvalue weighted by Crippen LogP contribution is 2.08. The van der Waals surface area contributed by atoms with Crippen molar-refractivity contribution in [1.82, 2.24) is 0 Å². The molecule has 0 rings (SSSR count). The van der Waals surface area contributed by atoms with E-state index in [4.69, 9.17) is 5.11 Å². The zero-order valence-corrected chi connectivity index (χ0v) is 9.41. The van der Waals surface area contributed by atoms with Crippen molar-refractivity contribution in [2.45, 2.75) is 13.3 Å². The summed E-state index contributed by atoms with van der Waals surface area (Å²) in [5.74, 6) is -4.01. The van der Waals surface area contributed by atoms with Gasteiger partial charge in [-0.3, -0.25) is 9.59 Å². The van der Waals surface area contributed by atoms with Gasteiger partial charge in [0.1, 0.15) is 9.84 Å². The first-order chi connectivity index (χ1) is 6.78. The van der Waals surface area contributed by atoms with E-state index in [9.17, 15) is 18.0 Å². The van der Waals surface area contributed by atoms with Gasteiger partial charge in [-0.2, -0.15) is 0 Å². The molecule has 6 nitrogen and oxygen atoms in total. The minimum absolute atomic E-state index is 0.0709. The Morgan fingerprint density at radius 3 is 2.27 bits per heavy atom. The van der Waals surface area contributed by atoms with Gasteiger partial charge in [-0.05, 0) is 13.3 Å². The lowest BCUT2D eigenvalue weighted by Gasteiger charge is -2.09. The van der Waals surface area contributed by atoms with Crippen molar-refractivity contribution in [3.63, 3.8) is 0 Å². The largest absolute Gasteiger partial charge is 0.481 e. The molecule has 0 bridgehead atoms. The number of hydrogen-bond acceptors (Lipinski definition) is 5. The van der Waals surface area contributed by atoms with Crippen molar-refractivity contribution >= 4 is 21.8 Å². The summed E-state index contributed by atoms with van der Waals surface area (Å²) in [4.78, 5) is 21.7. The number of hydrogen-bond donors (Lipinski definition) is 1. The Kier molecular flexibility index (Phi) is 5.27. The van der Waals surface area contributed by atoms with E-state index >= 15 is 0 Å². The third-order valence-electron chi connectivity index (χ3n) is 1.65. The Labute approximate surface area is 88.2 Å². The molecule has 0 saturated heterocycles. The molecule has 0 amide bonds. The second-order valence-corrected chi connectivity index (χ2v) is 5.32. The number of sulfone groups is 1. The normalized spacial score (nSPS) is 13.2. The van der Waals surface area contributed by atoms with Gasteiger partial charge in [-0.1, -0.05) is 0 Å². The first-order valence-electron chi connectivity index (χ1n) is 4.35. The summed E-state index contributed by atoms with van der Waals surface area (Å²) in [6.07, 6.45) is 0.726. The Morgan fingerprint density at radius 2 is 1.93 bits per heavy atom. The van der Waals surface area contributed by atoms with Crippen LogP contribution in [0.15, 0.2) is 0 Å². The molecular formula is C8H14O6S. The number of carboxylic acids is 1. The van der Waals surface area contributed by atoms with Crippen LogP contribution in [-0.2, 0) is 24.2 Å². The standard InChI is InChI=1S/C8H14O6S/c1-3-14-8(11)6(7(9)10)4-5-15(2,12)13/h6H,3-5H2,1-2H3,(H,9,10). The van der Waals surface area contributed by atoms with E-state index in [1.54, 1.807) is 6.92 Å². The highest BCUT2D eigenvalue weighted by Gasteiger charge is 2.28. The molecule has 0 aliphatic carbocycles. The molecular weight excluding hydrogens is 224 g/mol. The van der Waals surface area contributed by atoms with E-state index in [0.717, 1.165) is 6.26 Å². The molecule has 0 radical (unpaired) electrons. The average Bonchev–Trinajstić information content (AvgIpc) is 2.01. The average molecular weight is 238 g/mol. The van der Waals surface area contributed by atoms with Gasteiger partial charge in [0.2, 0.25) is 0 Å². The molecule has 0 aromatic carbocycles. The van der Waals surface area contributed by atoms with Gasteiger partial charge in [0.25, 0.3) is 0 Å². The van der Waals surface area contributed by atoms with Gasteiger partial charge in [0, 0.05) is 6.26 Å². The number of carbonyl (C=O) groups is 2. The number of carbonyl (C=O) groups excluding carboxylic acids is 1. The maximum Gasteiger partial charge on any atom is 0.320 e. The number of rotatable bonds is 6. The van der Waals surface area contributed by atoms with E-state index in [1.807, 2.05) is 0 Å². The zero-order valence-electron chi connectivity index (χ0n) is 8.60. The van der Waals surface area contributed by atoms with Crippen LogP contribution in [0.25, 0.3) is 0 Å². The second-order valence-electron chi connectivity index (χ2n) is 3.06. The SMILES string of the molecule is CCOC(=O)C(CCS(C)(=O)=O)C(=O)O. The van der Waals surface area contributed by atoms with Crippen LogP contribution in [0.4, 0.5) is 0 Å². The maximum atomic E-state index is 11.1. The second kappa shape index (κ2) is 5.69. The van der Waals surface area contributed by atoms with Gasteiger partial charge in [0.05, 0.1) is 12.4 Å². The van der Waals surface area contributed by atoms with Crippen molar-refractivity contribution in [1.29, 1.82) is 0 Å². The molecule has 88 valence electrons. The minimum Gasteiger partial charge on any atom is -0.481 e. The Morgan fingerprint density at radius 1 is 1.40 bits per heavy atom. The Balaban J connectivity index is 4.42. The molecule has 0 aliphatic heterocycles. The minimum atomic E-state index is -3.27. The molecule has 0 saturated carbocycles.